The number of nitrogens with zero attached hydrogens (tertiary/aromatic N) is 3. The van der Waals surface area contributed by atoms with E-state index in [0.717, 1.165) is 5.56 Å². The van der Waals surface area contributed by atoms with Crippen molar-refractivity contribution in [1.82, 2.24) is 9.97 Å². The molecule has 0 saturated heterocycles. The van der Waals surface area contributed by atoms with Crippen LogP contribution >= 0.6 is 0 Å². The van der Waals surface area contributed by atoms with Crippen LogP contribution in [0.25, 0.3) is 0 Å². The molecule has 148 valence electrons. The average Bonchev–Trinajstić information content (AvgIpc) is 2.68. The van der Waals surface area contributed by atoms with Gasteiger partial charge in [-0.15, -0.1) is 0 Å². The zero-order chi connectivity index (χ0) is 21.1. The van der Waals surface area contributed by atoms with Crippen LogP contribution in [-0.4, -0.2) is 18.4 Å². The second-order valence-corrected chi connectivity index (χ2v) is 9.14. The summed E-state index contributed by atoms with van der Waals surface area (Å²) in [6.45, 7) is 6.20. The van der Waals surface area contributed by atoms with Crippen molar-refractivity contribution in [3.8, 4) is 6.07 Å². The van der Waals surface area contributed by atoms with E-state index >= 15 is 0 Å². The molecular formula is C21H21N5O2S. The smallest absolute Gasteiger partial charge is 0.263 e. The molecule has 0 aliphatic rings. The van der Waals surface area contributed by atoms with Crippen LogP contribution in [0.4, 0.5) is 17.5 Å². The predicted octanol–water partition coefficient (Wildman–Crippen LogP) is 4.19. The van der Waals surface area contributed by atoms with E-state index in [1.807, 2.05) is 18.2 Å². The minimum atomic E-state index is -3.78. The molecule has 2 aromatic carbocycles. The highest BCUT2D eigenvalue weighted by Gasteiger charge is 2.18. The van der Waals surface area contributed by atoms with Crippen molar-refractivity contribution >= 4 is 27.5 Å². The zero-order valence-electron chi connectivity index (χ0n) is 16.3. The van der Waals surface area contributed by atoms with E-state index in [4.69, 9.17) is 5.26 Å². The Morgan fingerprint density at radius 1 is 0.966 bits per heavy atom. The normalized spacial score (nSPS) is 11.5. The van der Waals surface area contributed by atoms with Crippen molar-refractivity contribution in [2.45, 2.75) is 31.1 Å². The maximum absolute atomic E-state index is 12.7. The molecule has 1 aromatic heterocycles. The fourth-order valence-corrected chi connectivity index (χ4v) is 3.56. The third-order valence-corrected chi connectivity index (χ3v) is 5.57. The first-order valence-electron chi connectivity index (χ1n) is 8.91. The molecule has 2 N–H and O–H groups in total. The summed E-state index contributed by atoms with van der Waals surface area (Å²) < 4.78 is 27.8. The van der Waals surface area contributed by atoms with Gasteiger partial charge in [0, 0.05) is 11.9 Å². The molecule has 0 saturated carbocycles. The van der Waals surface area contributed by atoms with Crippen molar-refractivity contribution in [2.24, 2.45) is 0 Å². The molecule has 0 spiro atoms. The first kappa shape index (κ1) is 20.3. The van der Waals surface area contributed by atoms with Crippen molar-refractivity contribution < 1.29 is 8.42 Å². The molecule has 3 rings (SSSR count). The van der Waals surface area contributed by atoms with Gasteiger partial charge < -0.3 is 5.32 Å². The van der Waals surface area contributed by atoms with Gasteiger partial charge in [0.15, 0.2) is 0 Å². The Labute approximate surface area is 170 Å². The third kappa shape index (κ3) is 5.09. The summed E-state index contributed by atoms with van der Waals surface area (Å²) in [7, 11) is -3.78. The molecule has 8 heteroatoms. The lowest BCUT2D eigenvalue weighted by Crippen LogP contribution is -2.16. The molecule has 0 atom stereocenters. The summed E-state index contributed by atoms with van der Waals surface area (Å²) in [5.74, 6) is 0.383. The van der Waals surface area contributed by atoms with Gasteiger partial charge in [-0.2, -0.15) is 10.2 Å². The number of benzene rings is 2. The summed E-state index contributed by atoms with van der Waals surface area (Å²) in [4.78, 5) is 8.46. The summed E-state index contributed by atoms with van der Waals surface area (Å²) >= 11 is 0. The Morgan fingerprint density at radius 3 is 2.21 bits per heavy atom. The third-order valence-electron chi connectivity index (χ3n) is 4.20. The van der Waals surface area contributed by atoms with Gasteiger partial charge in [-0.3, -0.25) is 4.72 Å². The molecular weight excluding hydrogens is 386 g/mol. The number of rotatable bonds is 5. The van der Waals surface area contributed by atoms with Crippen molar-refractivity contribution in [3.05, 3.63) is 71.9 Å². The SMILES string of the molecule is CC(C)(C)c1ccc(S(=O)(=O)Nc2ccnc(Nc3ccc(C#N)cc3)n2)cc1. The Kier molecular flexibility index (Phi) is 5.52. The van der Waals surface area contributed by atoms with Crippen LogP contribution in [-0.2, 0) is 15.4 Å². The minimum absolute atomic E-state index is 0.0611. The molecule has 7 nitrogen and oxygen atoms in total. The summed E-state index contributed by atoms with van der Waals surface area (Å²) in [6, 6.07) is 17.1. The van der Waals surface area contributed by atoms with Crippen LogP contribution in [0.5, 0.6) is 0 Å². The Bertz CT molecular complexity index is 1140. The quantitative estimate of drug-likeness (QED) is 0.656. The second kappa shape index (κ2) is 7.89. The van der Waals surface area contributed by atoms with Crippen LogP contribution < -0.4 is 10.0 Å². The highest BCUT2D eigenvalue weighted by molar-refractivity contribution is 7.92. The van der Waals surface area contributed by atoms with E-state index in [1.54, 1.807) is 36.4 Å². The number of nitrogens with one attached hydrogen (secondary N) is 2. The van der Waals surface area contributed by atoms with E-state index in [0.29, 0.717) is 11.3 Å². The maximum Gasteiger partial charge on any atom is 0.263 e. The summed E-state index contributed by atoms with van der Waals surface area (Å²) in [5, 5.41) is 11.8. The topological polar surface area (TPSA) is 108 Å². The molecule has 1 heterocycles. The van der Waals surface area contributed by atoms with Crippen LogP contribution in [0.3, 0.4) is 0 Å². The monoisotopic (exact) mass is 407 g/mol. The van der Waals surface area contributed by atoms with E-state index in [9.17, 15) is 8.42 Å². The molecule has 29 heavy (non-hydrogen) atoms. The van der Waals surface area contributed by atoms with E-state index in [1.165, 1.54) is 12.3 Å². The van der Waals surface area contributed by atoms with Crippen LogP contribution in [0.2, 0.25) is 0 Å². The highest BCUT2D eigenvalue weighted by atomic mass is 32.2. The molecule has 0 amide bonds. The van der Waals surface area contributed by atoms with Gasteiger partial charge in [0.2, 0.25) is 5.95 Å². The number of nitriles is 1. The van der Waals surface area contributed by atoms with Gasteiger partial charge in [-0.05, 0) is 53.4 Å². The molecule has 0 unspecified atom stereocenters. The van der Waals surface area contributed by atoms with Crippen molar-refractivity contribution in [1.29, 1.82) is 5.26 Å². The highest BCUT2D eigenvalue weighted by Crippen LogP contribution is 2.24. The van der Waals surface area contributed by atoms with Crippen LogP contribution in [0, 0.1) is 11.3 Å². The van der Waals surface area contributed by atoms with Gasteiger partial charge >= 0.3 is 0 Å². The fourth-order valence-electron chi connectivity index (χ4n) is 2.56. The van der Waals surface area contributed by atoms with Crippen LogP contribution in [0.1, 0.15) is 31.9 Å². The zero-order valence-corrected chi connectivity index (χ0v) is 17.2. The molecule has 0 bridgehead atoms. The van der Waals surface area contributed by atoms with Gasteiger partial charge in [0.25, 0.3) is 10.0 Å². The lowest BCUT2D eigenvalue weighted by atomic mass is 9.87. The Balaban J connectivity index is 1.77. The largest absolute Gasteiger partial charge is 0.324 e. The number of hydrogen-bond acceptors (Lipinski definition) is 6. The fraction of sp³-hybridized carbons (Fsp3) is 0.190. The molecule has 0 fully saturated rings. The van der Waals surface area contributed by atoms with Crippen molar-refractivity contribution in [3.63, 3.8) is 0 Å². The van der Waals surface area contributed by atoms with Gasteiger partial charge in [0.1, 0.15) is 5.82 Å². The van der Waals surface area contributed by atoms with Gasteiger partial charge in [-0.25, -0.2) is 13.4 Å². The summed E-state index contributed by atoms with van der Waals surface area (Å²) in [6.07, 6.45) is 1.46. The number of sulfonamides is 1. The number of anilines is 3. The van der Waals surface area contributed by atoms with Gasteiger partial charge in [0.05, 0.1) is 16.5 Å². The van der Waals surface area contributed by atoms with E-state index in [-0.39, 0.29) is 22.1 Å². The lowest BCUT2D eigenvalue weighted by molar-refractivity contribution is 0.587. The standard InChI is InChI=1S/C21H21N5O2S/c1-21(2,3)16-6-10-18(11-7-16)29(27,28)26-19-12-13-23-20(25-19)24-17-8-4-15(14-22)5-9-17/h4-13H,1-3H3,(H2,23,24,25,26). The first-order chi connectivity index (χ1) is 13.7. The van der Waals surface area contributed by atoms with E-state index < -0.39 is 10.0 Å². The maximum atomic E-state index is 12.7. The Morgan fingerprint density at radius 2 is 1.62 bits per heavy atom. The Hall–Kier alpha value is -3.44. The number of hydrogen-bond donors (Lipinski definition) is 2. The van der Waals surface area contributed by atoms with Crippen molar-refractivity contribution in [2.75, 3.05) is 10.0 Å². The summed E-state index contributed by atoms with van der Waals surface area (Å²) in [5.41, 5.74) is 2.21. The molecule has 0 aliphatic heterocycles. The van der Waals surface area contributed by atoms with Crippen LogP contribution in [0.15, 0.2) is 65.7 Å². The predicted molar refractivity (Wildman–Crippen MR) is 112 cm³/mol. The van der Waals surface area contributed by atoms with E-state index in [2.05, 4.69) is 40.8 Å². The minimum Gasteiger partial charge on any atom is -0.324 e. The second-order valence-electron chi connectivity index (χ2n) is 7.46. The molecule has 0 radical (unpaired) electrons. The lowest BCUT2D eigenvalue weighted by Gasteiger charge is -2.19. The average molecular weight is 407 g/mol. The molecule has 0 aliphatic carbocycles. The number of aromatic nitrogens is 2. The van der Waals surface area contributed by atoms with Gasteiger partial charge in [-0.1, -0.05) is 32.9 Å². The first-order valence-corrected chi connectivity index (χ1v) is 10.4. The molecule has 3 aromatic rings.